The summed E-state index contributed by atoms with van der Waals surface area (Å²) in [4.78, 5) is 7.16. The van der Waals surface area contributed by atoms with Crippen LogP contribution < -0.4 is 5.32 Å². The van der Waals surface area contributed by atoms with E-state index >= 15 is 0 Å². The second-order valence-corrected chi connectivity index (χ2v) is 7.09. The molecule has 1 atom stereocenters. The van der Waals surface area contributed by atoms with Crippen LogP contribution in [-0.2, 0) is 12.0 Å². The molecule has 0 aliphatic rings. The molecule has 0 saturated carbocycles. The van der Waals surface area contributed by atoms with Gasteiger partial charge in [0, 0.05) is 29.9 Å². The van der Waals surface area contributed by atoms with Crippen LogP contribution in [0.25, 0.3) is 0 Å². The summed E-state index contributed by atoms with van der Waals surface area (Å²) in [5, 5.41) is 6.95. The van der Waals surface area contributed by atoms with E-state index in [-0.39, 0.29) is 5.41 Å². The van der Waals surface area contributed by atoms with Gasteiger partial charge in [0.15, 0.2) is 0 Å². The number of likely N-dealkylation sites (N-methyl/N-ethyl adjacent to an activating group) is 1. The van der Waals surface area contributed by atoms with Crippen molar-refractivity contribution in [3.05, 3.63) is 16.1 Å². The first-order valence-corrected chi connectivity index (χ1v) is 8.15. The number of rotatable bonds is 7. The van der Waals surface area contributed by atoms with Crippen molar-refractivity contribution in [1.29, 1.82) is 0 Å². The summed E-state index contributed by atoms with van der Waals surface area (Å²) >= 11 is 1.76. The molecule has 1 aromatic heterocycles. The van der Waals surface area contributed by atoms with Gasteiger partial charge in [-0.25, -0.2) is 4.98 Å². The van der Waals surface area contributed by atoms with Crippen LogP contribution in [0.2, 0.25) is 0 Å². The molecular weight excluding hydrogens is 254 g/mol. The van der Waals surface area contributed by atoms with E-state index < -0.39 is 0 Å². The monoisotopic (exact) mass is 283 g/mol. The van der Waals surface area contributed by atoms with Gasteiger partial charge in [-0.15, -0.1) is 11.3 Å². The van der Waals surface area contributed by atoms with E-state index in [1.54, 1.807) is 11.3 Å². The van der Waals surface area contributed by atoms with E-state index in [0.29, 0.717) is 6.04 Å². The first-order valence-electron chi connectivity index (χ1n) is 7.27. The zero-order valence-corrected chi connectivity index (χ0v) is 14.1. The fourth-order valence-corrected chi connectivity index (χ4v) is 2.90. The average Bonchev–Trinajstić information content (AvgIpc) is 2.82. The molecule has 0 spiro atoms. The van der Waals surface area contributed by atoms with E-state index in [2.05, 4.69) is 57.1 Å². The highest BCUT2D eigenvalue weighted by atomic mass is 32.1. The Kier molecular flexibility index (Phi) is 6.43. The second-order valence-electron chi connectivity index (χ2n) is 6.14. The Morgan fingerprint density at radius 3 is 2.42 bits per heavy atom. The van der Waals surface area contributed by atoms with Crippen molar-refractivity contribution in [3.63, 3.8) is 0 Å². The lowest BCUT2D eigenvalue weighted by atomic mass is 9.93. The van der Waals surface area contributed by atoms with Gasteiger partial charge in [-0.05, 0) is 20.0 Å². The average molecular weight is 283 g/mol. The summed E-state index contributed by atoms with van der Waals surface area (Å²) in [7, 11) is 0. The van der Waals surface area contributed by atoms with Crippen molar-refractivity contribution in [2.75, 3.05) is 19.6 Å². The summed E-state index contributed by atoms with van der Waals surface area (Å²) in [6, 6.07) is 0.502. The van der Waals surface area contributed by atoms with Crippen LogP contribution in [-0.4, -0.2) is 35.6 Å². The normalized spacial score (nSPS) is 14.1. The third kappa shape index (κ3) is 5.59. The number of thiazole rings is 1. The molecule has 0 saturated heterocycles. The maximum Gasteiger partial charge on any atom is 0.107 e. The molecule has 0 aromatic carbocycles. The molecular formula is C15H29N3S. The maximum atomic E-state index is 4.72. The number of nitrogens with zero attached hydrogens (tertiary/aromatic N) is 2. The maximum absolute atomic E-state index is 4.72. The number of aromatic nitrogens is 1. The minimum Gasteiger partial charge on any atom is -0.307 e. The van der Waals surface area contributed by atoms with Crippen LogP contribution in [0.1, 0.15) is 52.2 Å². The largest absolute Gasteiger partial charge is 0.307 e. The van der Waals surface area contributed by atoms with Crippen LogP contribution in [0.15, 0.2) is 5.38 Å². The molecule has 0 radical (unpaired) electrons. The van der Waals surface area contributed by atoms with Crippen molar-refractivity contribution in [3.8, 4) is 0 Å². The van der Waals surface area contributed by atoms with E-state index in [4.69, 9.17) is 4.98 Å². The van der Waals surface area contributed by atoms with Gasteiger partial charge in [-0.1, -0.05) is 34.6 Å². The van der Waals surface area contributed by atoms with Crippen molar-refractivity contribution in [1.82, 2.24) is 15.2 Å². The van der Waals surface area contributed by atoms with Gasteiger partial charge in [0.25, 0.3) is 0 Å². The fourth-order valence-electron chi connectivity index (χ4n) is 1.93. The molecule has 0 fully saturated rings. The van der Waals surface area contributed by atoms with Gasteiger partial charge < -0.3 is 10.2 Å². The van der Waals surface area contributed by atoms with Gasteiger partial charge >= 0.3 is 0 Å². The van der Waals surface area contributed by atoms with Crippen LogP contribution in [0.3, 0.4) is 0 Å². The van der Waals surface area contributed by atoms with E-state index in [0.717, 1.165) is 26.2 Å². The Hall–Kier alpha value is -0.450. The Morgan fingerprint density at radius 1 is 1.32 bits per heavy atom. The molecule has 1 unspecified atom stereocenters. The van der Waals surface area contributed by atoms with Crippen molar-refractivity contribution in [2.24, 2.45) is 0 Å². The smallest absolute Gasteiger partial charge is 0.107 e. The van der Waals surface area contributed by atoms with E-state index in [9.17, 15) is 0 Å². The Balaban J connectivity index is 2.42. The molecule has 0 amide bonds. The molecule has 1 heterocycles. The van der Waals surface area contributed by atoms with Crippen molar-refractivity contribution in [2.45, 2.75) is 59.5 Å². The molecule has 3 nitrogen and oxygen atoms in total. The zero-order chi connectivity index (χ0) is 14.5. The zero-order valence-electron chi connectivity index (χ0n) is 13.3. The van der Waals surface area contributed by atoms with E-state index in [1.807, 2.05) is 0 Å². The topological polar surface area (TPSA) is 28.2 Å². The predicted octanol–water partition coefficient (Wildman–Crippen LogP) is 3.26. The fraction of sp³-hybridized carbons (Fsp3) is 0.800. The first-order chi connectivity index (χ1) is 8.86. The highest BCUT2D eigenvalue weighted by Crippen LogP contribution is 2.23. The van der Waals surface area contributed by atoms with Crippen molar-refractivity contribution < 1.29 is 0 Å². The highest BCUT2D eigenvalue weighted by molar-refractivity contribution is 7.09. The number of nitrogens with one attached hydrogen (secondary N) is 1. The van der Waals surface area contributed by atoms with Gasteiger partial charge in [-0.3, -0.25) is 0 Å². The summed E-state index contributed by atoms with van der Waals surface area (Å²) in [6.07, 6.45) is 0. The standard InChI is InChI=1S/C15H29N3S/c1-7-18(8-2)10-12(3)16-9-14-17-13(11-19-14)15(4,5)6/h11-12,16H,7-10H2,1-6H3. The lowest BCUT2D eigenvalue weighted by Crippen LogP contribution is -2.38. The number of hydrogen-bond donors (Lipinski definition) is 1. The summed E-state index contributed by atoms with van der Waals surface area (Å²) < 4.78 is 0. The Morgan fingerprint density at radius 2 is 1.95 bits per heavy atom. The number of hydrogen-bond acceptors (Lipinski definition) is 4. The van der Waals surface area contributed by atoms with E-state index in [1.165, 1.54) is 10.7 Å². The minimum absolute atomic E-state index is 0.154. The lowest BCUT2D eigenvalue weighted by Gasteiger charge is -2.23. The van der Waals surface area contributed by atoms with Gasteiger partial charge in [0.05, 0.1) is 5.69 Å². The van der Waals surface area contributed by atoms with Crippen LogP contribution in [0, 0.1) is 0 Å². The summed E-state index contributed by atoms with van der Waals surface area (Å²) in [5.74, 6) is 0. The van der Waals surface area contributed by atoms with Crippen LogP contribution in [0.5, 0.6) is 0 Å². The molecule has 0 aliphatic heterocycles. The molecule has 1 rings (SSSR count). The quantitative estimate of drug-likeness (QED) is 0.832. The molecule has 110 valence electrons. The second kappa shape index (κ2) is 7.36. The minimum atomic E-state index is 0.154. The third-order valence-electron chi connectivity index (χ3n) is 3.35. The summed E-state index contributed by atoms with van der Waals surface area (Å²) in [6.45, 7) is 17.5. The van der Waals surface area contributed by atoms with Gasteiger partial charge in [-0.2, -0.15) is 0 Å². The first kappa shape index (κ1) is 16.6. The molecule has 4 heteroatoms. The lowest BCUT2D eigenvalue weighted by molar-refractivity contribution is 0.270. The molecule has 0 aliphatic carbocycles. The molecule has 1 N–H and O–H groups in total. The van der Waals surface area contributed by atoms with Crippen molar-refractivity contribution >= 4 is 11.3 Å². The molecule has 0 bridgehead atoms. The third-order valence-corrected chi connectivity index (χ3v) is 4.20. The molecule has 19 heavy (non-hydrogen) atoms. The molecule has 1 aromatic rings. The Bertz CT molecular complexity index is 364. The van der Waals surface area contributed by atoms with Gasteiger partial charge in [0.1, 0.15) is 5.01 Å². The highest BCUT2D eigenvalue weighted by Gasteiger charge is 2.17. The van der Waals surface area contributed by atoms with Crippen LogP contribution >= 0.6 is 11.3 Å². The predicted molar refractivity (Wildman–Crippen MR) is 84.9 cm³/mol. The summed E-state index contributed by atoms with van der Waals surface area (Å²) in [5.41, 5.74) is 1.35. The Labute approximate surface area is 122 Å². The van der Waals surface area contributed by atoms with Crippen LogP contribution in [0.4, 0.5) is 0 Å². The van der Waals surface area contributed by atoms with Gasteiger partial charge in [0.2, 0.25) is 0 Å². The SMILES string of the molecule is CCN(CC)CC(C)NCc1nc(C(C)(C)C)cs1.